The third kappa shape index (κ3) is 5.44. The molecule has 198 valence electrons. The van der Waals surface area contributed by atoms with E-state index in [1.165, 1.54) is 17.0 Å². The van der Waals surface area contributed by atoms with Gasteiger partial charge in [-0.25, -0.2) is 4.68 Å². The summed E-state index contributed by atoms with van der Waals surface area (Å²) in [5.41, 5.74) is 14.7. The molecule has 5 rings (SSSR count). The molecule has 5 N–H and O–H groups in total. The number of amides is 3. The van der Waals surface area contributed by atoms with E-state index in [9.17, 15) is 14.4 Å². The Morgan fingerprint density at radius 3 is 1.80 bits per heavy atom. The van der Waals surface area contributed by atoms with Crippen LogP contribution in [0.2, 0.25) is 0 Å². The van der Waals surface area contributed by atoms with Crippen molar-refractivity contribution >= 4 is 40.6 Å². The number of carbonyl (C=O) groups excluding carboxylic acids is 3. The molecule has 1 atom stereocenters. The fourth-order valence-corrected chi connectivity index (χ4v) is 4.32. The van der Waals surface area contributed by atoms with Gasteiger partial charge in [-0.05, 0) is 54.1 Å². The minimum atomic E-state index is -1.28. The number of benzene rings is 4. The van der Waals surface area contributed by atoms with Gasteiger partial charge in [0.15, 0.2) is 5.82 Å². The van der Waals surface area contributed by atoms with Gasteiger partial charge in [-0.1, -0.05) is 66.7 Å². The van der Waals surface area contributed by atoms with Gasteiger partial charge in [-0.3, -0.25) is 19.3 Å². The van der Waals surface area contributed by atoms with Crippen LogP contribution >= 0.6 is 0 Å². The van der Waals surface area contributed by atoms with Crippen molar-refractivity contribution in [3.05, 3.63) is 133 Å². The number of anilines is 4. The summed E-state index contributed by atoms with van der Waals surface area (Å²) >= 11 is 0. The van der Waals surface area contributed by atoms with Crippen molar-refractivity contribution in [2.45, 2.75) is 5.92 Å². The van der Waals surface area contributed by atoms with Gasteiger partial charge in [0, 0.05) is 16.9 Å². The fourth-order valence-electron chi connectivity index (χ4n) is 4.32. The first-order valence-corrected chi connectivity index (χ1v) is 12.5. The number of para-hydroxylation sites is 3. The maximum Gasteiger partial charge on any atom is 0.256 e. The lowest BCUT2D eigenvalue weighted by Crippen LogP contribution is -2.38. The molecular weight excluding hydrogens is 504 g/mol. The van der Waals surface area contributed by atoms with Crippen molar-refractivity contribution in [1.29, 1.82) is 0 Å². The fraction of sp³-hybridized carbons (Fsp3) is 0.0323. The molecule has 1 heterocycles. The van der Waals surface area contributed by atoms with Crippen LogP contribution in [0.1, 0.15) is 21.8 Å². The first-order valence-electron chi connectivity index (χ1n) is 12.5. The summed E-state index contributed by atoms with van der Waals surface area (Å²) in [6, 6.07) is 33.5. The molecule has 0 bridgehead atoms. The third-order valence-electron chi connectivity index (χ3n) is 6.28. The van der Waals surface area contributed by atoms with Gasteiger partial charge < -0.3 is 16.8 Å². The quantitative estimate of drug-likeness (QED) is 0.251. The number of rotatable bonds is 8. The van der Waals surface area contributed by atoms with Crippen LogP contribution in [-0.2, 0) is 9.59 Å². The molecule has 1 unspecified atom stereocenters. The van der Waals surface area contributed by atoms with Crippen LogP contribution in [0.25, 0.3) is 5.69 Å². The van der Waals surface area contributed by atoms with E-state index in [-0.39, 0.29) is 11.4 Å². The predicted molar refractivity (Wildman–Crippen MR) is 154 cm³/mol. The van der Waals surface area contributed by atoms with Crippen LogP contribution in [0.5, 0.6) is 0 Å². The first-order chi connectivity index (χ1) is 19.4. The molecule has 0 saturated heterocycles. The van der Waals surface area contributed by atoms with Gasteiger partial charge in [-0.15, -0.1) is 5.10 Å². The van der Waals surface area contributed by atoms with Crippen LogP contribution in [0.4, 0.5) is 22.9 Å². The molecule has 0 saturated carbocycles. The number of nitrogens with zero attached hydrogens (tertiary/aromatic N) is 3. The number of primary amides is 1. The van der Waals surface area contributed by atoms with Crippen LogP contribution in [0.3, 0.4) is 0 Å². The number of hydrogen-bond acceptors (Lipinski definition) is 5. The highest BCUT2D eigenvalue weighted by atomic mass is 16.2. The Labute approximate surface area is 230 Å². The Morgan fingerprint density at radius 1 is 0.750 bits per heavy atom. The molecule has 1 aromatic heterocycles. The number of nitrogen functional groups attached to an aromatic ring is 1. The van der Waals surface area contributed by atoms with Gasteiger partial charge in [0.1, 0.15) is 5.92 Å². The number of nitrogens with one attached hydrogen (secondary N) is 1. The van der Waals surface area contributed by atoms with Crippen molar-refractivity contribution in [2.24, 2.45) is 5.73 Å². The first kappa shape index (κ1) is 25.9. The summed E-state index contributed by atoms with van der Waals surface area (Å²) in [5, 5.41) is 7.07. The number of nitrogens with two attached hydrogens (primary N) is 2. The topological polar surface area (TPSA) is 136 Å². The largest absolute Gasteiger partial charge is 0.394 e. The van der Waals surface area contributed by atoms with E-state index < -0.39 is 23.6 Å². The van der Waals surface area contributed by atoms with Crippen LogP contribution in [-0.4, -0.2) is 27.5 Å². The summed E-state index contributed by atoms with van der Waals surface area (Å²) in [6.45, 7) is 0. The standard InChI is InChI=1S/C31H26N6O3/c32-26-20-36(23-10-4-1-5-11-23)35-29(26)34-30(39)22-18-16-21(17-19-22)27(28(33)38)31(40)37(24-12-6-2-7-13-24)25-14-8-3-9-15-25/h1-20,27H,32H2,(H2,33,38)(H,34,35,39). The number of aromatic nitrogens is 2. The van der Waals surface area contributed by atoms with E-state index >= 15 is 0 Å². The molecule has 0 spiro atoms. The minimum absolute atomic E-state index is 0.212. The van der Waals surface area contributed by atoms with E-state index in [0.717, 1.165) is 5.69 Å². The predicted octanol–water partition coefficient (Wildman–Crippen LogP) is 4.64. The Bertz CT molecular complexity index is 1600. The molecule has 0 fully saturated rings. The van der Waals surface area contributed by atoms with Crippen molar-refractivity contribution in [3.63, 3.8) is 0 Å². The van der Waals surface area contributed by atoms with Crippen molar-refractivity contribution in [2.75, 3.05) is 16.0 Å². The summed E-state index contributed by atoms with van der Waals surface area (Å²) in [4.78, 5) is 40.8. The number of hydrogen-bond donors (Lipinski definition) is 3. The molecule has 3 amide bonds. The lowest BCUT2D eigenvalue weighted by molar-refractivity contribution is -0.128. The van der Waals surface area contributed by atoms with Crippen LogP contribution < -0.4 is 21.7 Å². The van der Waals surface area contributed by atoms with Crippen LogP contribution in [0.15, 0.2) is 121 Å². The molecule has 5 aromatic rings. The lowest BCUT2D eigenvalue weighted by Gasteiger charge is -2.26. The minimum Gasteiger partial charge on any atom is -0.394 e. The second-order valence-electron chi connectivity index (χ2n) is 8.97. The normalized spacial score (nSPS) is 11.4. The molecule has 0 aliphatic heterocycles. The van der Waals surface area contributed by atoms with Crippen molar-refractivity contribution < 1.29 is 14.4 Å². The SMILES string of the molecule is NC(=O)C(C(=O)N(c1ccccc1)c1ccccc1)c1ccc(C(=O)Nc2nn(-c3ccccc3)cc2N)cc1. The molecule has 9 heteroatoms. The van der Waals surface area contributed by atoms with Gasteiger partial charge in [-0.2, -0.15) is 0 Å². The highest BCUT2D eigenvalue weighted by molar-refractivity contribution is 6.15. The van der Waals surface area contributed by atoms with E-state index in [2.05, 4.69) is 10.4 Å². The van der Waals surface area contributed by atoms with Crippen molar-refractivity contribution in [3.8, 4) is 5.69 Å². The Morgan fingerprint density at radius 2 is 1.27 bits per heavy atom. The smallest absolute Gasteiger partial charge is 0.256 e. The van der Waals surface area contributed by atoms with Gasteiger partial charge in [0.05, 0.1) is 17.6 Å². The maximum absolute atomic E-state index is 13.8. The molecule has 40 heavy (non-hydrogen) atoms. The molecule has 4 aromatic carbocycles. The number of carbonyl (C=O) groups is 3. The lowest BCUT2D eigenvalue weighted by atomic mass is 9.95. The molecule has 0 aliphatic carbocycles. The summed E-state index contributed by atoms with van der Waals surface area (Å²) in [6.07, 6.45) is 1.61. The van der Waals surface area contributed by atoms with E-state index in [1.807, 2.05) is 42.5 Å². The monoisotopic (exact) mass is 530 g/mol. The summed E-state index contributed by atoms with van der Waals surface area (Å²) in [7, 11) is 0. The summed E-state index contributed by atoms with van der Waals surface area (Å²) < 4.78 is 1.57. The molecule has 9 nitrogen and oxygen atoms in total. The Kier molecular flexibility index (Phi) is 7.36. The average Bonchev–Trinajstić information content (AvgIpc) is 3.35. The zero-order valence-electron chi connectivity index (χ0n) is 21.3. The molecule has 0 aliphatic rings. The second-order valence-corrected chi connectivity index (χ2v) is 8.97. The van der Waals surface area contributed by atoms with E-state index in [0.29, 0.717) is 22.6 Å². The third-order valence-corrected chi connectivity index (χ3v) is 6.28. The molecule has 0 radical (unpaired) electrons. The highest BCUT2D eigenvalue weighted by Crippen LogP contribution is 2.30. The zero-order valence-corrected chi connectivity index (χ0v) is 21.3. The molecular formula is C31H26N6O3. The van der Waals surface area contributed by atoms with Crippen molar-refractivity contribution in [1.82, 2.24) is 9.78 Å². The Hall–Kier alpha value is -5.70. The average molecular weight is 531 g/mol. The zero-order chi connectivity index (χ0) is 28.1. The van der Waals surface area contributed by atoms with E-state index in [1.54, 1.807) is 71.5 Å². The second kappa shape index (κ2) is 11.4. The van der Waals surface area contributed by atoms with Gasteiger partial charge in [0.2, 0.25) is 11.8 Å². The van der Waals surface area contributed by atoms with Gasteiger partial charge in [0.25, 0.3) is 5.91 Å². The Balaban J connectivity index is 1.39. The van der Waals surface area contributed by atoms with Gasteiger partial charge >= 0.3 is 0 Å². The summed E-state index contributed by atoms with van der Waals surface area (Å²) in [5.74, 6) is -2.84. The maximum atomic E-state index is 13.8. The highest BCUT2D eigenvalue weighted by Gasteiger charge is 2.32. The van der Waals surface area contributed by atoms with Crippen LogP contribution in [0, 0.1) is 0 Å². The van der Waals surface area contributed by atoms with E-state index in [4.69, 9.17) is 11.5 Å².